The second kappa shape index (κ2) is 7.45. The molecule has 0 spiro atoms. The van der Waals surface area contributed by atoms with Crippen LogP contribution in [0.15, 0.2) is 18.2 Å². The predicted octanol–water partition coefficient (Wildman–Crippen LogP) is 2.14. The van der Waals surface area contributed by atoms with Crippen LogP contribution in [0.3, 0.4) is 0 Å². The minimum Gasteiger partial charge on any atom is -0.343 e. The van der Waals surface area contributed by atoms with Crippen LogP contribution in [0.1, 0.15) is 36.0 Å². The van der Waals surface area contributed by atoms with Gasteiger partial charge < -0.3 is 10.2 Å². The normalized spacial score (nSPS) is 15.6. The van der Waals surface area contributed by atoms with Gasteiger partial charge in [-0.3, -0.25) is 9.59 Å². The fourth-order valence-electron chi connectivity index (χ4n) is 2.61. The Hall–Kier alpha value is -1.82. The summed E-state index contributed by atoms with van der Waals surface area (Å²) < 4.78 is 25.9. The highest BCUT2D eigenvalue weighted by atomic mass is 19.2. The van der Waals surface area contributed by atoms with Crippen LogP contribution in [0.2, 0.25) is 0 Å². The molecule has 0 saturated carbocycles. The number of hydrogen-bond donors (Lipinski definition) is 1. The maximum absolute atomic E-state index is 13.1. The van der Waals surface area contributed by atoms with Crippen molar-refractivity contribution in [2.24, 2.45) is 0 Å². The molecule has 1 aromatic carbocycles. The third-order valence-electron chi connectivity index (χ3n) is 4.06. The maximum atomic E-state index is 13.1. The van der Waals surface area contributed by atoms with Crippen molar-refractivity contribution in [3.8, 4) is 0 Å². The summed E-state index contributed by atoms with van der Waals surface area (Å²) in [5.41, 5.74) is 0.0937. The topological polar surface area (TPSA) is 49.4 Å². The lowest BCUT2D eigenvalue weighted by Crippen LogP contribution is -2.44. The first-order chi connectivity index (χ1) is 10.5. The summed E-state index contributed by atoms with van der Waals surface area (Å²) in [7, 11) is 1.75. The third kappa shape index (κ3) is 4.10. The first-order valence-electron chi connectivity index (χ1n) is 7.43. The van der Waals surface area contributed by atoms with Crippen LogP contribution >= 0.6 is 0 Å². The Morgan fingerprint density at radius 3 is 2.50 bits per heavy atom. The van der Waals surface area contributed by atoms with Crippen LogP contribution in [-0.2, 0) is 4.79 Å². The molecule has 0 radical (unpaired) electrons. The molecule has 1 amide bonds. The van der Waals surface area contributed by atoms with Crippen LogP contribution in [-0.4, -0.2) is 42.8 Å². The molecule has 1 N–H and O–H groups in total. The standard InChI is InChI=1S/C16H20F2N2O2/c1-20(12-6-8-19-9-7-12)16(22)5-4-15(21)11-2-3-13(17)14(18)10-11/h2-3,10,12,19H,4-9H2,1H3. The highest BCUT2D eigenvalue weighted by molar-refractivity contribution is 5.97. The molecule has 1 aliphatic heterocycles. The molecule has 0 aromatic heterocycles. The van der Waals surface area contributed by atoms with Gasteiger partial charge in [0, 0.05) is 31.5 Å². The van der Waals surface area contributed by atoms with E-state index in [1.54, 1.807) is 11.9 Å². The number of nitrogens with one attached hydrogen (secondary N) is 1. The third-order valence-corrected chi connectivity index (χ3v) is 4.06. The molecule has 1 heterocycles. The lowest BCUT2D eigenvalue weighted by Gasteiger charge is -2.31. The molecule has 0 bridgehead atoms. The zero-order valence-corrected chi connectivity index (χ0v) is 12.6. The second-order valence-electron chi connectivity index (χ2n) is 5.54. The van der Waals surface area contributed by atoms with E-state index in [1.165, 1.54) is 6.07 Å². The van der Waals surface area contributed by atoms with E-state index in [-0.39, 0.29) is 36.1 Å². The number of nitrogens with zero attached hydrogens (tertiary/aromatic N) is 1. The van der Waals surface area contributed by atoms with E-state index in [1.807, 2.05) is 0 Å². The van der Waals surface area contributed by atoms with Gasteiger partial charge in [0.25, 0.3) is 0 Å². The molecule has 1 aliphatic rings. The van der Waals surface area contributed by atoms with Gasteiger partial charge in [0.1, 0.15) is 0 Å². The van der Waals surface area contributed by atoms with Crippen LogP contribution in [0.25, 0.3) is 0 Å². The van der Waals surface area contributed by atoms with Crippen molar-refractivity contribution >= 4 is 11.7 Å². The quantitative estimate of drug-likeness (QED) is 0.848. The summed E-state index contributed by atoms with van der Waals surface area (Å²) in [6.07, 6.45) is 1.89. The van der Waals surface area contributed by atoms with E-state index in [4.69, 9.17) is 0 Å². The summed E-state index contributed by atoms with van der Waals surface area (Å²) in [6.45, 7) is 1.77. The Balaban J connectivity index is 1.87. The first kappa shape index (κ1) is 16.5. The number of benzene rings is 1. The summed E-state index contributed by atoms with van der Waals surface area (Å²) in [5.74, 6) is -2.49. The van der Waals surface area contributed by atoms with Gasteiger partial charge in [0.15, 0.2) is 17.4 Å². The largest absolute Gasteiger partial charge is 0.343 e. The van der Waals surface area contributed by atoms with E-state index in [9.17, 15) is 18.4 Å². The van der Waals surface area contributed by atoms with E-state index < -0.39 is 11.6 Å². The van der Waals surface area contributed by atoms with Gasteiger partial charge in [0.05, 0.1) is 0 Å². The number of amides is 1. The molecule has 6 heteroatoms. The average Bonchev–Trinajstić information content (AvgIpc) is 2.54. The van der Waals surface area contributed by atoms with Gasteiger partial charge in [0.2, 0.25) is 5.91 Å². The Morgan fingerprint density at radius 2 is 1.86 bits per heavy atom. The van der Waals surface area contributed by atoms with Gasteiger partial charge in [-0.15, -0.1) is 0 Å². The molecule has 2 rings (SSSR count). The molecular formula is C16H20F2N2O2. The van der Waals surface area contributed by atoms with Crippen LogP contribution in [0.5, 0.6) is 0 Å². The van der Waals surface area contributed by atoms with Gasteiger partial charge in [-0.25, -0.2) is 8.78 Å². The molecule has 0 unspecified atom stereocenters. The van der Waals surface area contributed by atoms with Gasteiger partial charge in [-0.1, -0.05) is 0 Å². The lowest BCUT2D eigenvalue weighted by atomic mass is 10.0. The van der Waals surface area contributed by atoms with Crippen molar-refractivity contribution in [2.75, 3.05) is 20.1 Å². The highest BCUT2D eigenvalue weighted by Crippen LogP contribution is 2.14. The number of carbonyl (C=O) groups is 2. The fourth-order valence-corrected chi connectivity index (χ4v) is 2.61. The second-order valence-corrected chi connectivity index (χ2v) is 5.54. The lowest BCUT2D eigenvalue weighted by molar-refractivity contribution is -0.132. The van der Waals surface area contributed by atoms with Gasteiger partial charge >= 0.3 is 0 Å². The van der Waals surface area contributed by atoms with E-state index in [0.717, 1.165) is 38.1 Å². The molecule has 22 heavy (non-hydrogen) atoms. The number of hydrogen-bond acceptors (Lipinski definition) is 3. The summed E-state index contributed by atoms with van der Waals surface area (Å²) >= 11 is 0. The van der Waals surface area contributed by atoms with Crippen molar-refractivity contribution < 1.29 is 18.4 Å². The van der Waals surface area contributed by atoms with Crippen LogP contribution in [0.4, 0.5) is 8.78 Å². The maximum Gasteiger partial charge on any atom is 0.223 e. The monoisotopic (exact) mass is 310 g/mol. The summed E-state index contributed by atoms with van der Waals surface area (Å²) in [5, 5.41) is 3.23. The summed E-state index contributed by atoms with van der Waals surface area (Å²) in [4.78, 5) is 25.8. The van der Waals surface area contributed by atoms with E-state index in [0.29, 0.717) is 0 Å². The van der Waals surface area contributed by atoms with E-state index in [2.05, 4.69) is 5.32 Å². The average molecular weight is 310 g/mol. The van der Waals surface area contributed by atoms with Crippen molar-refractivity contribution in [1.82, 2.24) is 10.2 Å². The molecule has 0 aliphatic carbocycles. The van der Waals surface area contributed by atoms with Crippen molar-refractivity contribution in [3.05, 3.63) is 35.4 Å². The minimum absolute atomic E-state index is 0.000778. The van der Waals surface area contributed by atoms with E-state index >= 15 is 0 Å². The number of ketones is 1. The zero-order chi connectivity index (χ0) is 16.1. The number of piperidine rings is 1. The first-order valence-corrected chi connectivity index (χ1v) is 7.43. The van der Waals surface area contributed by atoms with Crippen molar-refractivity contribution in [1.29, 1.82) is 0 Å². The van der Waals surface area contributed by atoms with Crippen molar-refractivity contribution in [3.63, 3.8) is 0 Å². The highest BCUT2D eigenvalue weighted by Gasteiger charge is 2.22. The molecule has 120 valence electrons. The molecule has 0 atom stereocenters. The molecule has 4 nitrogen and oxygen atoms in total. The number of Topliss-reactive ketones (excluding diaryl/α,β-unsaturated/α-hetero) is 1. The van der Waals surface area contributed by atoms with Gasteiger partial charge in [-0.05, 0) is 44.1 Å². The van der Waals surface area contributed by atoms with Crippen LogP contribution in [0, 0.1) is 11.6 Å². The number of rotatable bonds is 5. The predicted molar refractivity (Wildman–Crippen MR) is 78.6 cm³/mol. The van der Waals surface area contributed by atoms with Gasteiger partial charge in [-0.2, -0.15) is 0 Å². The molecular weight excluding hydrogens is 290 g/mol. The Bertz CT molecular complexity index is 557. The Labute approximate surface area is 128 Å². The van der Waals surface area contributed by atoms with Crippen LogP contribution < -0.4 is 5.32 Å². The Morgan fingerprint density at radius 1 is 1.18 bits per heavy atom. The molecule has 1 fully saturated rings. The summed E-state index contributed by atoms with van der Waals surface area (Å²) in [6, 6.07) is 3.23. The SMILES string of the molecule is CN(C(=O)CCC(=O)c1ccc(F)c(F)c1)C1CCNCC1. The zero-order valence-electron chi connectivity index (χ0n) is 12.6. The number of carbonyl (C=O) groups excluding carboxylic acids is 2. The molecule has 1 saturated heterocycles. The Kier molecular flexibility index (Phi) is 5.60. The smallest absolute Gasteiger partial charge is 0.223 e. The molecule has 1 aromatic rings. The fraction of sp³-hybridized carbons (Fsp3) is 0.500. The van der Waals surface area contributed by atoms with Crippen molar-refractivity contribution in [2.45, 2.75) is 31.7 Å². The minimum atomic E-state index is -1.05. The number of halogens is 2.